The van der Waals surface area contributed by atoms with Gasteiger partial charge in [-0.1, -0.05) is 29.3 Å². The number of halogens is 5. The van der Waals surface area contributed by atoms with Crippen molar-refractivity contribution >= 4 is 29.0 Å². The Labute approximate surface area is 203 Å². The first-order chi connectivity index (χ1) is 15.9. The van der Waals surface area contributed by atoms with Crippen molar-refractivity contribution in [3.63, 3.8) is 0 Å². The summed E-state index contributed by atoms with van der Waals surface area (Å²) in [5.41, 5.74) is -1.36. The average molecular weight is 514 g/mol. The van der Waals surface area contributed by atoms with Gasteiger partial charge < -0.3 is 4.74 Å². The van der Waals surface area contributed by atoms with Gasteiger partial charge in [0.15, 0.2) is 11.6 Å². The zero-order valence-corrected chi connectivity index (χ0v) is 19.9. The highest BCUT2D eigenvalue weighted by molar-refractivity contribution is 6.33. The molecule has 0 radical (unpaired) electrons. The fraction of sp³-hybridized carbons (Fsp3) is 0.304. The van der Waals surface area contributed by atoms with E-state index in [1.54, 1.807) is 37.3 Å². The van der Waals surface area contributed by atoms with E-state index in [-0.39, 0.29) is 23.1 Å². The number of benzene rings is 2. The van der Waals surface area contributed by atoms with Crippen LogP contribution in [0.25, 0.3) is 22.8 Å². The Morgan fingerprint density at radius 2 is 1.76 bits per heavy atom. The number of carbonyl (C=O) groups excluding carboxylic acids is 1. The van der Waals surface area contributed by atoms with E-state index in [4.69, 9.17) is 23.2 Å². The number of aromatic nitrogens is 3. The maximum atomic E-state index is 13.3. The van der Waals surface area contributed by atoms with Gasteiger partial charge in [-0.2, -0.15) is 18.2 Å². The molecule has 34 heavy (non-hydrogen) atoms. The van der Waals surface area contributed by atoms with Crippen molar-refractivity contribution in [3.8, 4) is 22.8 Å². The van der Waals surface area contributed by atoms with Gasteiger partial charge in [0.05, 0.1) is 5.02 Å². The Kier molecular flexibility index (Phi) is 7.50. The molecule has 6 nitrogen and oxygen atoms in total. The molecular weight excluding hydrogens is 494 g/mol. The summed E-state index contributed by atoms with van der Waals surface area (Å²) in [5, 5.41) is 0.800. The highest BCUT2D eigenvalue weighted by Gasteiger charge is 2.56. The van der Waals surface area contributed by atoms with Gasteiger partial charge in [0, 0.05) is 29.7 Å². The van der Waals surface area contributed by atoms with E-state index >= 15 is 0 Å². The molecule has 180 valence electrons. The van der Waals surface area contributed by atoms with Gasteiger partial charge in [0.25, 0.3) is 0 Å². The van der Waals surface area contributed by atoms with Gasteiger partial charge in [-0.25, -0.2) is 9.78 Å². The Hall–Kier alpha value is -2.75. The molecule has 0 spiro atoms. The molecule has 0 amide bonds. The second kappa shape index (κ2) is 9.85. The molecule has 0 aliphatic carbocycles. The molecule has 0 fully saturated rings. The van der Waals surface area contributed by atoms with Crippen LogP contribution in [0, 0.1) is 6.92 Å². The number of rotatable bonds is 7. The molecule has 1 heterocycles. The van der Waals surface area contributed by atoms with E-state index < -0.39 is 29.7 Å². The number of ether oxygens (including phenoxy) is 1. The van der Waals surface area contributed by atoms with Crippen LogP contribution in [-0.4, -0.2) is 39.6 Å². The van der Waals surface area contributed by atoms with Gasteiger partial charge in [-0.3, -0.25) is 9.78 Å². The number of Topliss-reactive ketones (excluding diaryl/α,β-unsaturated/α-hetero) is 1. The number of methoxy groups -OCH3 is 1. The largest absolute Gasteiger partial charge is 0.424 e. The molecule has 0 bridgehead atoms. The van der Waals surface area contributed by atoms with Gasteiger partial charge in [0.1, 0.15) is 5.82 Å². The van der Waals surface area contributed by atoms with Crippen LogP contribution in [0.2, 0.25) is 10.0 Å². The number of hydrogen-bond donors (Lipinski definition) is 1. The van der Waals surface area contributed by atoms with Crippen molar-refractivity contribution in [3.05, 3.63) is 68.1 Å². The zero-order valence-electron chi connectivity index (χ0n) is 18.4. The molecule has 3 rings (SSSR count). The van der Waals surface area contributed by atoms with Crippen LogP contribution in [0.15, 0.2) is 41.2 Å². The lowest BCUT2D eigenvalue weighted by Crippen LogP contribution is -2.51. The van der Waals surface area contributed by atoms with Crippen molar-refractivity contribution in [2.45, 2.75) is 38.5 Å². The fourth-order valence-electron chi connectivity index (χ4n) is 3.22. The lowest BCUT2D eigenvalue weighted by Gasteiger charge is -2.29. The number of aromatic amines is 1. The first-order valence-electron chi connectivity index (χ1n) is 10.0. The Balaban J connectivity index is 1.92. The van der Waals surface area contributed by atoms with Gasteiger partial charge >= 0.3 is 11.9 Å². The normalized spacial score (nSPS) is 13.5. The molecule has 0 aliphatic rings. The first-order valence-corrected chi connectivity index (χ1v) is 10.8. The van der Waals surface area contributed by atoms with Crippen LogP contribution in [-0.2, 0) is 16.0 Å². The summed E-state index contributed by atoms with van der Waals surface area (Å²) in [7, 11) is 0.844. The number of alkyl halides is 3. The number of aryl methyl sites for hydroxylation is 2. The lowest BCUT2D eigenvalue weighted by atomic mass is 9.94. The molecule has 0 aliphatic heterocycles. The van der Waals surface area contributed by atoms with Crippen molar-refractivity contribution < 1.29 is 22.7 Å². The average Bonchev–Trinajstić information content (AvgIpc) is 2.78. The highest BCUT2D eigenvalue weighted by atomic mass is 35.5. The van der Waals surface area contributed by atoms with E-state index in [1.165, 1.54) is 6.07 Å². The quantitative estimate of drug-likeness (QED) is 0.445. The van der Waals surface area contributed by atoms with Crippen LogP contribution in [0.3, 0.4) is 0 Å². The van der Waals surface area contributed by atoms with Gasteiger partial charge in [0.2, 0.25) is 5.60 Å². The number of ketones is 1. The van der Waals surface area contributed by atoms with Gasteiger partial charge in [-0.15, -0.1) is 0 Å². The van der Waals surface area contributed by atoms with Crippen LogP contribution >= 0.6 is 23.2 Å². The minimum atomic E-state index is -4.85. The second-order valence-corrected chi connectivity index (χ2v) is 8.58. The number of nitrogens with one attached hydrogen (secondary N) is 1. The van der Waals surface area contributed by atoms with Crippen molar-refractivity contribution in [2.24, 2.45) is 0 Å². The standard InChI is InChI=1S/C23H20Cl2F3N3O3/c1-12-10-14(6-8-16(12)24)19-29-20(31-21(33)30-19)15-11-13(4-7-17(15)25)5-9-18(32)22(2,34-3)23(26,27)28/h4,6-8,10-11H,5,9H2,1-3H3,(H,29,30,31,33)/t22-/m1/s1. The predicted octanol–water partition coefficient (Wildman–Crippen LogP) is 5.58. The Bertz CT molecular complexity index is 1290. The van der Waals surface area contributed by atoms with E-state index in [0.717, 1.165) is 12.7 Å². The minimum absolute atomic E-state index is 0.00339. The maximum absolute atomic E-state index is 13.3. The third-order valence-electron chi connectivity index (χ3n) is 5.47. The monoisotopic (exact) mass is 513 g/mol. The van der Waals surface area contributed by atoms with E-state index in [1.807, 2.05) is 0 Å². The third kappa shape index (κ3) is 5.32. The fourth-order valence-corrected chi connectivity index (χ4v) is 3.54. The summed E-state index contributed by atoms with van der Waals surface area (Å²) >= 11 is 12.4. The zero-order chi connectivity index (χ0) is 25.3. The van der Waals surface area contributed by atoms with Crippen LogP contribution in [0.5, 0.6) is 0 Å². The van der Waals surface area contributed by atoms with E-state index in [0.29, 0.717) is 28.6 Å². The van der Waals surface area contributed by atoms with E-state index in [2.05, 4.69) is 19.7 Å². The van der Waals surface area contributed by atoms with Crippen LogP contribution in [0.4, 0.5) is 13.2 Å². The summed E-state index contributed by atoms with van der Waals surface area (Å²) in [6.07, 6.45) is -5.27. The minimum Gasteiger partial charge on any atom is -0.362 e. The molecule has 1 aromatic heterocycles. The number of nitrogens with zero attached hydrogens (tertiary/aromatic N) is 2. The number of carbonyl (C=O) groups is 1. The van der Waals surface area contributed by atoms with Crippen molar-refractivity contribution in [1.29, 1.82) is 0 Å². The number of hydrogen-bond acceptors (Lipinski definition) is 5. The molecule has 1 atom stereocenters. The topological polar surface area (TPSA) is 84.9 Å². The summed E-state index contributed by atoms with van der Waals surface area (Å²) in [6.45, 7) is 2.50. The Morgan fingerprint density at radius 3 is 2.38 bits per heavy atom. The van der Waals surface area contributed by atoms with Crippen LogP contribution < -0.4 is 5.69 Å². The van der Waals surface area contributed by atoms with Crippen molar-refractivity contribution in [1.82, 2.24) is 15.0 Å². The van der Waals surface area contributed by atoms with Crippen molar-refractivity contribution in [2.75, 3.05) is 7.11 Å². The molecule has 1 N–H and O–H groups in total. The Morgan fingerprint density at radius 1 is 1.09 bits per heavy atom. The molecule has 11 heteroatoms. The molecule has 0 unspecified atom stereocenters. The van der Waals surface area contributed by atoms with Gasteiger partial charge in [-0.05, 0) is 61.7 Å². The highest BCUT2D eigenvalue weighted by Crippen LogP contribution is 2.35. The van der Waals surface area contributed by atoms with Crippen LogP contribution in [0.1, 0.15) is 24.5 Å². The summed E-state index contributed by atoms with van der Waals surface area (Å²) in [5.74, 6) is -0.830. The molecule has 0 saturated heterocycles. The number of H-pyrrole nitrogens is 1. The smallest absolute Gasteiger partial charge is 0.362 e. The third-order valence-corrected chi connectivity index (χ3v) is 6.23. The molecular formula is C23H20Cl2F3N3O3. The molecule has 0 saturated carbocycles. The first kappa shape index (κ1) is 25.9. The summed E-state index contributed by atoms with van der Waals surface area (Å²) < 4.78 is 44.3. The summed E-state index contributed by atoms with van der Waals surface area (Å²) in [6, 6.07) is 9.73. The maximum Gasteiger partial charge on any atom is 0.424 e. The summed E-state index contributed by atoms with van der Waals surface area (Å²) in [4.78, 5) is 35.3. The molecule has 3 aromatic rings. The SMILES string of the molecule is CO[C@](C)(C(=O)CCc1ccc(Cl)c(-c2nc(-c3ccc(Cl)c(C)c3)nc(=O)[nH]2)c1)C(F)(F)F. The van der Waals surface area contributed by atoms with E-state index in [9.17, 15) is 22.8 Å². The predicted molar refractivity (Wildman–Crippen MR) is 123 cm³/mol. The second-order valence-electron chi connectivity index (χ2n) is 7.76. The lowest BCUT2D eigenvalue weighted by molar-refractivity contribution is -0.252. The molecule has 2 aromatic carbocycles.